The van der Waals surface area contributed by atoms with Gasteiger partial charge < -0.3 is 28.8 Å². The molecule has 0 saturated carbocycles. The van der Waals surface area contributed by atoms with E-state index >= 15 is 0 Å². The van der Waals surface area contributed by atoms with Crippen molar-refractivity contribution in [1.82, 2.24) is 19.5 Å². The summed E-state index contributed by atoms with van der Waals surface area (Å²) >= 11 is 6.25. The third-order valence-corrected chi connectivity index (χ3v) is 5.08. The number of nitrogens with one attached hydrogen (secondary N) is 1. The highest BCUT2D eigenvalue weighted by Gasteiger charge is 2.18. The zero-order chi connectivity index (χ0) is 22.7. The summed E-state index contributed by atoms with van der Waals surface area (Å²) in [6.45, 7) is 0.558. The van der Waals surface area contributed by atoms with Crippen molar-refractivity contribution in [2.24, 2.45) is 0 Å². The van der Waals surface area contributed by atoms with E-state index in [0.717, 1.165) is 11.3 Å². The summed E-state index contributed by atoms with van der Waals surface area (Å²) in [6, 6.07) is 11.3. The van der Waals surface area contributed by atoms with Gasteiger partial charge in [-0.05, 0) is 29.3 Å². The van der Waals surface area contributed by atoms with Crippen molar-refractivity contribution in [3.8, 4) is 23.0 Å². The number of methoxy groups -OCH3 is 4. The smallest absolute Gasteiger partial charge is 0.226 e. The van der Waals surface area contributed by atoms with E-state index in [1.54, 1.807) is 46.9 Å². The fourth-order valence-electron chi connectivity index (χ4n) is 3.30. The highest BCUT2D eigenvalue weighted by Crippen LogP contribution is 2.41. The first-order chi connectivity index (χ1) is 15.6. The zero-order valence-corrected chi connectivity index (χ0v) is 18.8. The van der Waals surface area contributed by atoms with E-state index in [-0.39, 0.29) is 5.28 Å². The highest BCUT2D eigenvalue weighted by atomic mass is 35.5. The Morgan fingerprint density at radius 3 is 2.12 bits per heavy atom. The van der Waals surface area contributed by atoms with Crippen LogP contribution in [0.2, 0.25) is 5.28 Å². The van der Waals surface area contributed by atoms with Crippen molar-refractivity contribution in [3.05, 3.63) is 53.6 Å². The molecule has 2 heterocycles. The Labute approximate surface area is 189 Å². The van der Waals surface area contributed by atoms with Gasteiger partial charge in [-0.1, -0.05) is 12.1 Å². The molecular formula is C22H22ClN5O4. The quantitative estimate of drug-likeness (QED) is 0.393. The maximum absolute atomic E-state index is 6.25. The molecule has 0 aliphatic heterocycles. The summed E-state index contributed by atoms with van der Waals surface area (Å²) < 4.78 is 23.5. The molecule has 0 amide bonds. The van der Waals surface area contributed by atoms with Gasteiger partial charge in [-0.25, -0.2) is 4.98 Å². The molecule has 166 valence electrons. The van der Waals surface area contributed by atoms with E-state index in [4.69, 9.17) is 30.5 Å². The Kier molecular flexibility index (Phi) is 6.18. The Balaban J connectivity index is 1.73. The normalized spacial score (nSPS) is 10.8. The number of imidazole rings is 1. The molecule has 0 unspecified atom stereocenters. The molecular weight excluding hydrogens is 434 g/mol. The van der Waals surface area contributed by atoms with E-state index in [9.17, 15) is 0 Å². The van der Waals surface area contributed by atoms with Gasteiger partial charge in [-0.2, -0.15) is 9.97 Å². The van der Waals surface area contributed by atoms with Crippen LogP contribution in [-0.4, -0.2) is 48.0 Å². The fraction of sp³-hybridized carbons (Fsp3) is 0.227. The summed E-state index contributed by atoms with van der Waals surface area (Å²) in [6.07, 6.45) is 1.70. The minimum atomic E-state index is 0.0860. The summed E-state index contributed by atoms with van der Waals surface area (Å²) in [5.41, 5.74) is 2.78. The lowest BCUT2D eigenvalue weighted by Crippen LogP contribution is -2.04. The van der Waals surface area contributed by atoms with Crippen LogP contribution in [0.1, 0.15) is 5.56 Å². The average Bonchev–Trinajstić information content (AvgIpc) is 3.21. The van der Waals surface area contributed by atoms with Crippen molar-refractivity contribution in [1.29, 1.82) is 0 Å². The molecule has 0 atom stereocenters. The molecule has 1 N–H and O–H groups in total. The van der Waals surface area contributed by atoms with Gasteiger partial charge in [0.1, 0.15) is 28.7 Å². The van der Waals surface area contributed by atoms with Crippen molar-refractivity contribution in [2.45, 2.75) is 6.54 Å². The predicted molar refractivity (Wildman–Crippen MR) is 122 cm³/mol. The number of fused-ring (bicyclic) bond motifs is 1. The van der Waals surface area contributed by atoms with Crippen LogP contribution in [0.4, 0.5) is 11.5 Å². The van der Waals surface area contributed by atoms with Gasteiger partial charge >= 0.3 is 0 Å². The van der Waals surface area contributed by atoms with E-state index in [1.807, 2.05) is 28.8 Å². The van der Waals surface area contributed by atoms with Crippen LogP contribution in [0, 0.1) is 0 Å². The molecule has 0 saturated heterocycles. The second-order valence-electron chi connectivity index (χ2n) is 6.77. The van der Waals surface area contributed by atoms with Crippen LogP contribution in [-0.2, 0) is 6.54 Å². The monoisotopic (exact) mass is 455 g/mol. The first-order valence-corrected chi connectivity index (χ1v) is 10.0. The lowest BCUT2D eigenvalue weighted by Gasteiger charge is -2.16. The molecule has 2 aromatic carbocycles. The molecule has 0 aliphatic carbocycles. The van der Waals surface area contributed by atoms with Crippen LogP contribution in [0.25, 0.3) is 11.2 Å². The lowest BCUT2D eigenvalue weighted by molar-refractivity contribution is 0.378. The number of anilines is 2. The van der Waals surface area contributed by atoms with Crippen molar-refractivity contribution >= 4 is 34.3 Å². The first-order valence-electron chi connectivity index (χ1n) is 9.64. The minimum Gasteiger partial charge on any atom is -0.497 e. The van der Waals surface area contributed by atoms with Gasteiger partial charge in [0.25, 0.3) is 0 Å². The Morgan fingerprint density at radius 1 is 0.875 bits per heavy atom. The summed E-state index contributed by atoms with van der Waals surface area (Å²) in [5, 5.41) is 3.32. The summed E-state index contributed by atoms with van der Waals surface area (Å²) in [7, 11) is 6.33. The molecule has 2 aromatic heterocycles. The zero-order valence-electron chi connectivity index (χ0n) is 18.0. The van der Waals surface area contributed by atoms with Crippen LogP contribution in [0.15, 0.2) is 42.7 Å². The van der Waals surface area contributed by atoms with E-state index < -0.39 is 0 Å². The van der Waals surface area contributed by atoms with Crippen molar-refractivity contribution in [3.63, 3.8) is 0 Å². The largest absolute Gasteiger partial charge is 0.497 e. The highest BCUT2D eigenvalue weighted by molar-refractivity contribution is 6.28. The second-order valence-corrected chi connectivity index (χ2v) is 7.10. The number of hydrogen-bond donors (Lipinski definition) is 1. The third kappa shape index (κ3) is 4.19. The van der Waals surface area contributed by atoms with E-state index in [2.05, 4.69) is 20.3 Å². The number of nitrogens with zero attached hydrogens (tertiary/aromatic N) is 4. The average molecular weight is 456 g/mol. The topological polar surface area (TPSA) is 92.6 Å². The third-order valence-electron chi connectivity index (χ3n) is 4.91. The Bertz CT molecular complexity index is 1220. The number of halogens is 1. The Hall–Kier alpha value is -3.72. The molecule has 32 heavy (non-hydrogen) atoms. The number of rotatable bonds is 8. The number of hydrogen-bond acceptors (Lipinski definition) is 8. The van der Waals surface area contributed by atoms with Crippen LogP contribution in [0.3, 0.4) is 0 Å². The molecule has 0 fully saturated rings. The molecule has 4 rings (SSSR count). The molecule has 4 aromatic rings. The fourth-order valence-corrected chi connectivity index (χ4v) is 3.46. The van der Waals surface area contributed by atoms with E-state index in [0.29, 0.717) is 46.5 Å². The van der Waals surface area contributed by atoms with Crippen molar-refractivity contribution in [2.75, 3.05) is 33.8 Å². The van der Waals surface area contributed by atoms with Gasteiger partial charge in [0.15, 0.2) is 17.0 Å². The lowest BCUT2D eigenvalue weighted by atomic mass is 10.2. The minimum absolute atomic E-state index is 0.0860. The van der Waals surface area contributed by atoms with Gasteiger partial charge in [0.05, 0.1) is 41.3 Å². The maximum atomic E-state index is 6.25. The number of benzene rings is 2. The van der Waals surface area contributed by atoms with E-state index in [1.165, 1.54) is 0 Å². The number of ether oxygens (including phenoxy) is 4. The first kappa shape index (κ1) is 21.5. The summed E-state index contributed by atoms with van der Waals surface area (Å²) in [4.78, 5) is 13.2. The van der Waals surface area contributed by atoms with Gasteiger partial charge in [0.2, 0.25) is 5.28 Å². The van der Waals surface area contributed by atoms with Gasteiger partial charge in [0, 0.05) is 12.1 Å². The predicted octanol–water partition coefficient (Wildman–Crippen LogP) is 4.31. The second kappa shape index (κ2) is 9.19. The SMILES string of the molecule is COc1ccc(Cn2cnc3c(Nc4c(OC)cc(OC)cc4OC)nc(Cl)nc32)cc1. The molecule has 0 radical (unpaired) electrons. The van der Waals surface area contributed by atoms with Crippen molar-refractivity contribution < 1.29 is 18.9 Å². The maximum Gasteiger partial charge on any atom is 0.226 e. The van der Waals surface area contributed by atoms with Gasteiger partial charge in [-0.3, -0.25) is 0 Å². The molecule has 10 heteroatoms. The van der Waals surface area contributed by atoms with Crippen LogP contribution in [0.5, 0.6) is 23.0 Å². The van der Waals surface area contributed by atoms with Crippen LogP contribution < -0.4 is 24.3 Å². The van der Waals surface area contributed by atoms with Crippen LogP contribution >= 0.6 is 11.6 Å². The van der Waals surface area contributed by atoms with Gasteiger partial charge in [-0.15, -0.1) is 0 Å². The Morgan fingerprint density at radius 2 is 1.53 bits per heavy atom. The molecule has 0 bridgehead atoms. The number of aromatic nitrogens is 4. The molecule has 0 spiro atoms. The molecule has 9 nitrogen and oxygen atoms in total. The summed E-state index contributed by atoms with van der Waals surface area (Å²) in [5.74, 6) is 2.85. The standard InChI is InChI=1S/C22H22ClN5O4/c1-29-14-7-5-13(6-8-14)11-28-12-24-19-20(26-22(23)27-21(19)28)25-18-16(31-3)9-15(30-2)10-17(18)32-4/h5-10,12H,11H2,1-4H3,(H,25,26,27). The molecule has 0 aliphatic rings.